The van der Waals surface area contributed by atoms with Crippen LogP contribution in [0.1, 0.15) is 26.7 Å². The van der Waals surface area contributed by atoms with E-state index in [9.17, 15) is 4.57 Å². The Bertz CT molecular complexity index is 240. The molecule has 0 spiro atoms. The van der Waals surface area contributed by atoms with Crippen molar-refractivity contribution in [1.29, 1.82) is 0 Å². The van der Waals surface area contributed by atoms with Gasteiger partial charge in [-0.2, -0.15) is 0 Å². The molecule has 0 aromatic carbocycles. The van der Waals surface area contributed by atoms with E-state index in [2.05, 4.69) is 13.8 Å². The topological polar surface area (TPSA) is 83.6 Å². The monoisotopic (exact) mass is 221 g/mol. The third-order valence-electron chi connectivity index (χ3n) is 3.46. The maximum Gasteiger partial charge on any atom is 0.326 e. The van der Waals surface area contributed by atoms with Gasteiger partial charge in [0, 0.05) is 0 Å². The van der Waals surface area contributed by atoms with Gasteiger partial charge in [-0.3, -0.25) is 4.57 Å². The summed E-state index contributed by atoms with van der Waals surface area (Å²) in [6.07, 6.45) is 1.64. The predicted molar refractivity (Wildman–Crippen MR) is 56.0 cm³/mol. The molecule has 1 fully saturated rings. The van der Waals surface area contributed by atoms with Crippen molar-refractivity contribution in [1.82, 2.24) is 0 Å². The van der Waals surface area contributed by atoms with E-state index < -0.39 is 7.60 Å². The van der Waals surface area contributed by atoms with Crippen LogP contribution in [0.15, 0.2) is 0 Å². The molecule has 0 amide bonds. The zero-order valence-corrected chi connectivity index (χ0v) is 9.70. The van der Waals surface area contributed by atoms with Crippen LogP contribution in [0.2, 0.25) is 0 Å². The van der Waals surface area contributed by atoms with Gasteiger partial charge in [-0.1, -0.05) is 13.8 Å². The van der Waals surface area contributed by atoms with E-state index in [1.165, 1.54) is 0 Å². The largest absolute Gasteiger partial charge is 0.330 e. The number of hydrogen-bond acceptors (Lipinski definition) is 2. The van der Waals surface area contributed by atoms with Gasteiger partial charge in [-0.25, -0.2) is 0 Å². The Balaban J connectivity index is 2.75. The molecule has 0 aromatic heterocycles. The Morgan fingerprint density at radius 3 is 2.07 bits per heavy atom. The fourth-order valence-corrected chi connectivity index (χ4v) is 3.91. The van der Waals surface area contributed by atoms with Gasteiger partial charge in [0.1, 0.15) is 0 Å². The van der Waals surface area contributed by atoms with Crippen molar-refractivity contribution in [3.05, 3.63) is 0 Å². The van der Waals surface area contributed by atoms with Gasteiger partial charge in [0.2, 0.25) is 0 Å². The highest BCUT2D eigenvalue weighted by atomic mass is 31.2. The molecule has 0 aliphatic heterocycles. The molecule has 4 nitrogen and oxygen atoms in total. The van der Waals surface area contributed by atoms with Crippen molar-refractivity contribution in [3.8, 4) is 0 Å². The second-order valence-electron chi connectivity index (χ2n) is 4.89. The summed E-state index contributed by atoms with van der Waals surface area (Å²) >= 11 is 0. The van der Waals surface area contributed by atoms with Crippen LogP contribution in [0.3, 0.4) is 0 Å². The quantitative estimate of drug-likeness (QED) is 0.625. The van der Waals surface area contributed by atoms with E-state index in [-0.39, 0.29) is 11.6 Å². The van der Waals surface area contributed by atoms with Crippen LogP contribution in [0.5, 0.6) is 0 Å². The molecule has 5 heteroatoms. The highest BCUT2D eigenvalue weighted by molar-refractivity contribution is 7.51. The first kappa shape index (κ1) is 12.2. The molecule has 1 unspecified atom stereocenters. The summed E-state index contributed by atoms with van der Waals surface area (Å²) < 4.78 is 11.0. The van der Waals surface area contributed by atoms with Gasteiger partial charge in [0.05, 0.1) is 6.16 Å². The lowest BCUT2D eigenvalue weighted by Crippen LogP contribution is -2.31. The van der Waals surface area contributed by atoms with E-state index in [0.717, 1.165) is 12.8 Å². The zero-order chi connectivity index (χ0) is 11.0. The molecule has 1 rings (SSSR count). The highest BCUT2D eigenvalue weighted by Gasteiger charge is 2.44. The van der Waals surface area contributed by atoms with Crippen LogP contribution < -0.4 is 5.73 Å². The molecule has 84 valence electrons. The van der Waals surface area contributed by atoms with E-state index in [0.29, 0.717) is 18.4 Å². The summed E-state index contributed by atoms with van der Waals surface area (Å²) in [6.45, 7) is 4.64. The first-order valence-corrected chi connectivity index (χ1v) is 6.82. The van der Waals surface area contributed by atoms with Crippen LogP contribution in [-0.2, 0) is 4.57 Å². The molecule has 3 atom stereocenters. The van der Waals surface area contributed by atoms with Crippen molar-refractivity contribution >= 4 is 7.60 Å². The predicted octanol–water partition coefficient (Wildman–Crippen LogP) is 1.18. The van der Waals surface area contributed by atoms with Crippen molar-refractivity contribution < 1.29 is 14.4 Å². The van der Waals surface area contributed by atoms with Crippen LogP contribution in [0.25, 0.3) is 0 Å². The first-order valence-electron chi connectivity index (χ1n) is 5.03. The Morgan fingerprint density at radius 2 is 1.79 bits per heavy atom. The van der Waals surface area contributed by atoms with Crippen LogP contribution in [-0.4, -0.2) is 22.5 Å². The third kappa shape index (κ3) is 2.80. The van der Waals surface area contributed by atoms with Gasteiger partial charge in [-0.05, 0) is 36.6 Å². The Morgan fingerprint density at radius 1 is 1.36 bits per heavy atom. The molecule has 1 aliphatic rings. The van der Waals surface area contributed by atoms with Gasteiger partial charge < -0.3 is 15.5 Å². The van der Waals surface area contributed by atoms with Crippen molar-refractivity contribution in [2.45, 2.75) is 26.7 Å². The third-order valence-corrected chi connectivity index (χ3v) is 4.54. The summed E-state index contributed by atoms with van der Waals surface area (Å²) in [5, 5.41) is 0. The maximum absolute atomic E-state index is 11.0. The van der Waals surface area contributed by atoms with Crippen LogP contribution in [0, 0.1) is 17.3 Å². The fourth-order valence-electron chi connectivity index (χ4n) is 2.65. The van der Waals surface area contributed by atoms with E-state index >= 15 is 0 Å². The van der Waals surface area contributed by atoms with E-state index in [4.69, 9.17) is 15.5 Å². The zero-order valence-electron chi connectivity index (χ0n) is 8.81. The molecular formula is C9H20NO3P. The van der Waals surface area contributed by atoms with E-state index in [1.54, 1.807) is 0 Å². The van der Waals surface area contributed by atoms with Gasteiger partial charge in [0.25, 0.3) is 0 Å². The highest BCUT2D eigenvalue weighted by Crippen LogP contribution is 2.52. The second kappa shape index (κ2) is 3.93. The van der Waals surface area contributed by atoms with Gasteiger partial charge >= 0.3 is 7.60 Å². The van der Waals surface area contributed by atoms with Crippen molar-refractivity contribution in [2.75, 3.05) is 12.7 Å². The molecule has 4 N–H and O–H groups in total. The summed E-state index contributed by atoms with van der Waals surface area (Å²) in [6, 6.07) is 0. The minimum absolute atomic E-state index is 0.0504. The summed E-state index contributed by atoms with van der Waals surface area (Å²) in [7, 11) is -3.93. The first-order chi connectivity index (χ1) is 6.28. The minimum Gasteiger partial charge on any atom is -0.330 e. The number of nitrogens with two attached hydrogens (primary N) is 1. The smallest absolute Gasteiger partial charge is 0.326 e. The normalized spacial score (nSPS) is 38.9. The minimum atomic E-state index is -3.93. The molecule has 0 aromatic rings. The summed E-state index contributed by atoms with van der Waals surface area (Å²) in [4.78, 5) is 18.0. The summed E-state index contributed by atoms with van der Waals surface area (Å²) in [5.41, 5.74) is 5.34. The molecule has 1 saturated carbocycles. The average molecular weight is 221 g/mol. The second-order valence-corrected chi connectivity index (χ2v) is 6.54. The standard InChI is InChI=1S/C9H20NO3P/c1-7-3-9(5-10,4-8(7)2)6-14(11,12)13/h7-8H,3-6,10H2,1-2H3,(H2,11,12,13)/t7-,8+,9?. The molecular weight excluding hydrogens is 201 g/mol. The van der Waals surface area contributed by atoms with Gasteiger partial charge in [0.15, 0.2) is 0 Å². The number of rotatable bonds is 3. The lowest BCUT2D eigenvalue weighted by molar-refractivity contribution is 0.293. The Kier molecular flexibility index (Phi) is 3.42. The lowest BCUT2D eigenvalue weighted by Gasteiger charge is -2.27. The molecule has 0 saturated heterocycles. The molecule has 1 aliphatic carbocycles. The van der Waals surface area contributed by atoms with Crippen molar-refractivity contribution in [3.63, 3.8) is 0 Å². The Labute approximate surface area is 85.0 Å². The average Bonchev–Trinajstić information content (AvgIpc) is 2.25. The fraction of sp³-hybridized carbons (Fsp3) is 1.00. The Hall–Kier alpha value is 0.110. The molecule has 0 bridgehead atoms. The molecule has 14 heavy (non-hydrogen) atoms. The van der Waals surface area contributed by atoms with Crippen molar-refractivity contribution in [2.24, 2.45) is 23.0 Å². The maximum atomic E-state index is 11.0. The van der Waals surface area contributed by atoms with E-state index in [1.807, 2.05) is 0 Å². The van der Waals surface area contributed by atoms with Gasteiger partial charge in [-0.15, -0.1) is 0 Å². The molecule has 0 heterocycles. The van der Waals surface area contributed by atoms with Crippen LogP contribution in [0.4, 0.5) is 0 Å². The lowest BCUT2D eigenvalue weighted by atomic mass is 9.87. The number of hydrogen-bond donors (Lipinski definition) is 3. The summed E-state index contributed by atoms with van der Waals surface area (Å²) in [5.74, 6) is 1.04. The van der Waals surface area contributed by atoms with Crippen LogP contribution >= 0.6 is 7.60 Å². The molecule has 0 radical (unpaired) electrons. The SMILES string of the molecule is C[C@@H]1CC(CN)(CP(=O)(O)O)C[C@@H]1C.